The van der Waals surface area contributed by atoms with Crippen LogP contribution in [0, 0.1) is 11.8 Å². The summed E-state index contributed by atoms with van der Waals surface area (Å²) in [6, 6.07) is 0. The van der Waals surface area contributed by atoms with E-state index in [1.165, 1.54) is 7.05 Å². The molecule has 0 spiro atoms. The first kappa shape index (κ1) is 43.8. The number of phosphoric acid groups is 4. The molecule has 4 N–H and O–H groups in total. The third-order valence-corrected chi connectivity index (χ3v) is 7.22. The van der Waals surface area contributed by atoms with E-state index in [2.05, 4.69) is 42.3 Å². The molecule has 0 rings (SSSR count). The second-order valence-electron chi connectivity index (χ2n) is 7.06. The third kappa shape index (κ3) is 25.7. The highest BCUT2D eigenvalue weighted by molar-refractivity contribution is 7.46. The average Bonchev–Trinajstić information content (AvgIpc) is 2.78. The van der Waals surface area contributed by atoms with Crippen LogP contribution in [0.15, 0.2) is 0 Å². The van der Waals surface area contributed by atoms with Gasteiger partial charge in [0.2, 0.25) is 0 Å². The van der Waals surface area contributed by atoms with Crippen molar-refractivity contribution in [2.24, 2.45) is 11.8 Å². The summed E-state index contributed by atoms with van der Waals surface area (Å²) in [5.74, 6) is -1.34. The van der Waals surface area contributed by atoms with Crippen LogP contribution in [0.1, 0.15) is 14.9 Å². The molecule has 39 heavy (non-hydrogen) atoms. The fourth-order valence-electron chi connectivity index (χ4n) is 2.22. The van der Waals surface area contributed by atoms with Gasteiger partial charge in [-0.05, 0) is 14.1 Å². The number of aliphatic hydroxyl groups excluding tert-OH is 1. The Labute approximate surface area is 228 Å². The summed E-state index contributed by atoms with van der Waals surface area (Å²) in [4.78, 5) is 54.2. The number of nitrogens with one attached hydrogen (secondary N) is 2. The van der Waals surface area contributed by atoms with Crippen molar-refractivity contribution >= 4 is 31.3 Å². The van der Waals surface area contributed by atoms with E-state index in [1.807, 2.05) is 0 Å². The molecule has 23 heteroatoms. The second kappa shape index (κ2) is 21.9. The smallest absolute Gasteiger partial charge is 0.268 e. The Morgan fingerprint density at radius 3 is 1.26 bits per heavy atom. The molecule has 240 valence electrons. The van der Waals surface area contributed by atoms with Gasteiger partial charge >= 0.3 is 0 Å². The van der Waals surface area contributed by atoms with Crippen LogP contribution in [-0.2, 0) is 49.9 Å². The van der Waals surface area contributed by atoms with Crippen LogP contribution >= 0.6 is 31.3 Å². The minimum Gasteiger partial charge on any atom is -0.756 e. The summed E-state index contributed by atoms with van der Waals surface area (Å²) in [7, 11) is -16.7. The quantitative estimate of drug-likeness (QED) is 0.0639. The van der Waals surface area contributed by atoms with Crippen LogP contribution in [0.2, 0.25) is 0 Å². The number of rotatable bonds is 24. The van der Waals surface area contributed by atoms with Gasteiger partial charge in [0.15, 0.2) is 0 Å². The maximum absolute atomic E-state index is 11.7. The molecule has 0 aromatic carbocycles. The van der Waals surface area contributed by atoms with Crippen molar-refractivity contribution in [3.63, 3.8) is 0 Å². The first-order valence-electron chi connectivity index (χ1n) is 10.4. The minimum atomic E-state index is -5.03. The van der Waals surface area contributed by atoms with Crippen molar-refractivity contribution in [3.8, 4) is 0 Å². The molecule has 0 saturated carbocycles. The van der Waals surface area contributed by atoms with Crippen LogP contribution in [-0.4, -0.2) is 90.0 Å². The molecule has 0 bridgehead atoms. The van der Waals surface area contributed by atoms with Crippen molar-refractivity contribution in [1.82, 2.24) is 10.6 Å². The largest absolute Gasteiger partial charge is 0.756 e. The van der Waals surface area contributed by atoms with Gasteiger partial charge in [0.25, 0.3) is 31.3 Å². The van der Waals surface area contributed by atoms with Crippen LogP contribution in [0.25, 0.3) is 0 Å². The lowest BCUT2D eigenvalue weighted by Gasteiger charge is -2.28. The number of hydrogen-bond donors (Lipinski definition) is 4. The van der Waals surface area contributed by atoms with E-state index in [1.54, 1.807) is 7.05 Å². The molecule has 0 amide bonds. The summed E-state index contributed by atoms with van der Waals surface area (Å²) < 4.78 is 76.5. The molecular formula is C16H40N2O17P4-4. The Balaban J connectivity index is -0.00000648. The van der Waals surface area contributed by atoms with Gasteiger partial charge in [0.05, 0.1) is 46.2 Å². The molecule has 0 aromatic heterocycles. The van der Waals surface area contributed by atoms with E-state index in [0.717, 1.165) is 0 Å². The molecular weight excluding hydrogens is 616 g/mol. The average molecular weight is 656 g/mol. The molecule has 0 aliphatic rings. The fourth-order valence-corrected chi connectivity index (χ4v) is 4.82. The number of phosphoric ester groups is 4. The lowest BCUT2D eigenvalue weighted by molar-refractivity contribution is -0.236. The zero-order valence-electron chi connectivity index (χ0n) is 20.0. The molecule has 0 radical (unpaired) electrons. The van der Waals surface area contributed by atoms with Gasteiger partial charge in [-0.15, -0.1) is 0 Å². The van der Waals surface area contributed by atoms with E-state index in [4.69, 9.17) is 10.00 Å². The highest BCUT2D eigenvalue weighted by atomic mass is 31.2. The molecule has 0 aromatic rings. The van der Waals surface area contributed by atoms with Crippen molar-refractivity contribution in [2.45, 2.75) is 14.9 Å². The molecule has 0 aliphatic carbocycles. The Morgan fingerprint density at radius 1 is 0.615 bits per heavy atom. The van der Waals surface area contributed by atoms with Gasteiger partial charge in [-0.1, -0.05) is 14.9 Å². The van der Waals surface area contributed by atoms with Gasteiger partial charge in [0, 0.05) is 31.5 Å². The van der Waals surface area contributed by atoms with Gasteiger partial charge in [-0.3, -0.25) is 18.3 Å². The topological polar surface area (TPSA) is 290 Å². The zero-order valence-corrected chi connectivity index (χ0v) is 23.6. The van der Waals surface area contributed by atoms with Crippen LogP contribution < -0.4 is 30.2 Å². The molecule has 6 unspecified atom stereocenters. The van der Waals surface area contributed by atoms with Gasteiger partial charge in [0.1, 0.15) is 0 Å². The normalized spacial score (nSPS) is 19.3. The Morgan fingerprint density at radius 2 is 0.923 bits per heavy atom. The summed E-state index contributed by atoms with van der Waals surface area (Å²) in [5.41, 5.74) is 0. The van der Waals surface area contributed by atoms with E-state index < -0.39 is 82.8 Å². The zero-order chi connectivity index (χ0) is 28.6. The lowest BCUT2D eigenvalue weighted by Crippen LogP contribution is -2.28. The standard InChI is InChI=1S/C14H36N2O17P4.2CH4/c1-15-7-13(9-17)10-32-36(23,24)29-5-3-27-35(21,22)28-4-6-30-37(25,26)33-12-14(8-16-2)11-31-34(18,19)20;;/h13-17H,3-12H2,1-2H3,(H,21,22)(H,23,24)(H,25,26)(H2,18,19,20);2*1H4/p-4. The Hall–Kier alpha value is 0.320. The highest BCUT2D eigenvalue weighted by Gasteiger charge is 2.18. The van der Waals surface area contributed by atoms with E-state index >= 15 is 0 Å². The van der Waals surface area contributed by atoms with Gasteiger partial charge in [-0.25, -0.2) is 0 Å². The predicted octanol–water partition coefficient (Wildman–Crippen LogP) is -2.10. The van der Waals surface area contributed by atoms with E-state index in [0.29, 0.717) is 0 Å². The summed E-state index contributed by atoms with van der Waals surface area (Å²) in [5, 5.41) is 14.4. The number of hydrogen-bond acceptors (Lipinski definition) is 18. The van der Waals surface area contributed by atoms with Gasteiger partial charge < -0.3 is 71.9 Å². The second-order valence-corrected chi connectivity index (χ2v) is 12.5. The SMILES string of the molecule is C.C.CNCC(CO)COP(=O)([O-])OCCOP(=O)([O-])OCCOP(=O)([O-])OCC(CNC)COP(=O)([O-])O. The van der Waals surface area contributed by atoms with Crippen molar-refractivity contribution in [2.75, 3.05) is 80.0 Å². The number of aliphatic hydroxyl groups is 1. The van der Waals surface area contributed by atoms with Gasteiger partial charge in [-0.2, -0.15) is 0 Å². The lowest BCUT2D eigenvalue weighted by atomic mass is 10.2. The van der Waals surface area contributed by atoms with E-state index in [-0.39, 0.29) is 41.2 Å². The van der Waals surface area contributed by atoms with Crippen LogP contribution in [0.3, 0.4) is 0 Å². The third-order valence-electron chi connectivity index (χ3n) is 3.82. The first-order chi connectivity index (χ1) is 17.0. The summed E-state index contributed by atoms with van der Waals surface area (Å²) >= 11 is 0. The van der Waals surface area contributed by atoms with Crippen molar-refractivity contribution in [3.05, 3.63) is 0 Å². The van der Waals surface area contributed by atoms with Crippen molar-refractivity contribution < 1.29 is 79.5 Å². The molecule has 6 atom stereocenters. The summed E-state index contributed by atoms with van der Waals surface area (Å²) in [6.45, 7) is -4.72. The fraction of sp³-hybridized carbons (Fsp3) is 1.00. The van der Waals surface area contributed by atoms with Crippen LogP contribution in [0.4, 0.5) is 0 Å². The maximum atomic E-state index is 11.7. The van der Waals surface area contributed by atoms with Crippen molar-refractivity contribution in [1.29, 1.82) is 0 Å². The minimum absolute atomic E-state index is 0. The molecule has 0 aliphatic heterocycles. The Kier molecular flexibility index (Phi) is 24.6. The van der Waals surface area contributed by atoms with Crippen LogP contribution in [0.5, 0.6) is 0 Å². The molecule has 0 heterocycles. The monoisotopic (exact) mass is 656 g/mol. The maximum Gasteiger partial charge on any atom is 0.268 e. The highest BCUT2D eigenvalue weighted by Crippen LogP contribution is 2.42. The summed E-state index contributed by atoms with van der Waals surface area (Å²) in [6.07, 6.45) is 0. The predicted molar refractivity (Wildman–Crippen MR) is 130 cm³/mol. The molecule has 19 nitrogen and oxygen atoms in total. The molecule has 0 saturated heterocycles. The Bertz CT molecular complexity index is 816. The van der Waals surface area contributed by atoms with E-state index in [9.17, 15) is 37.8 Å². The molecule has 0 fully saturated rings. The first-order valence-corrected chi connectivity index (χ1v) is 16.3.